The molecule has 1 N–H and O–H groups in total. The fourth-order valence-corrected chi connectivity index (χ4v) is 3.36. The fourth-order valence-electron chi connectivity index (χ4n) is 2.25. The largest absolute Gasteiger partial charge is 0.306 e. The number of carbonyl (C=O) groups is 1. The van der Waals surface area contributed by atoms with Gasteiger partial charge in [-0.1, -0.05) is 32.4 Å². The predicted octanol–water partition coefficient (Wildman–Crippen LogP) is 4.47. The lowest BCUT2D eigenvalue weighted by Crippen LogP contribution is -2.17. The zero-order valence-electron chi connectivity index (χ0n) is 14.5. The van der Waals surface area contributed by atoms with Crippen LogP contribution in [0.3, 0.4) is 0 Å². The van der Waals surface area contributed by atoms with Crippen LogP contribution >= 0.6 is 34.2 Å². The van der Waals surface area contributed by atoms with Gasteiger partial charge in [-0.2, -0.15) is 9.78 Å². The van der Waals surface area contributed by atoms with E-state index in [1.807, 2.05) is 6.07 Å². The van der Waals surface area contributed by atoms with Crippen molar-refractivity contribution in [2.75, 3.05) is 5.32 Å². The molecule has 26 heavy (non-hydrogen) atoms. The normalized spacial score (nSPS) is 11.4. The van der Waals surface area contributed by atoms with Gasteiger partial charge in [0, 0.05) is 32.5 Å². The molecule has 0 unspecified atom stereocenters. The van der Waals surface area contributed by atoms with Crippen LogP contribution < -0.4 is 5.32 Å². The number of hydrogen-bond donors (Lipinski definition) is 1. The van der Waals surface area contributed by atoms with Gasteiger partial charge in [-0.25, -0.2) is 9.97 Å². The molecule has 0 aliphatic heterocycles. The summed E-state index contributed by atoms with van der Waals surface area (Å²) in [6, 6.07) is 8.71. The molecule has 6 nitrogen and oxygen atoms in total. The molecule has 0 fully saturated rings. The molecule has 0 bridgehead atoms. The number of benzene rings is 1. The lowest BCUT2D eigenvalue weighted by Gasteiger charge is -2.13. The van der Waals surface area contributed by atoms with Crippen molar-refractivity contribution in [1.82, 2.24) is 19.7 Å². The van der Waals surface area contributed by atoms with Crippen LogP contribution in [0.5, 0.6) is 0 Å². The fraction of sp³-hybridized carbons (Fsp3) is 0.222. The zero-order chi connectivity index (χ0) is 18.9. The van der Waals surface area contributed by atoms with Crippen LogP contribution in [0.4, 0.5) is 5.82 Å². The molecular formula is C18H17ClIN5O. The van der Waals surface area contributed by atoms with E-state index >= 15 is 0 Å². The molecule has 1 amide bonds. The zero-order valence-corrected chi connectivity index (χ0v) is 17.4. The summed E-state index contributed by atoms with van der Waals surface area (Å²) in [6.07, 6.45) is 3.27. The van der Waals surface area contributed by atoms with Gasteiger partial charge >= 0.3 is 0 Å². The number of aromatic nitrogens is 4. The molecular weight excluding hydrogens is 465 g/mol. The Kier molecular flexibility index (Phi) is 5.29. The molecule has 2 aromatic heterocycles. The number of hydrogen-bond acceptors (Lipinski definition) is 4. The summed E-state index contributed by atoms with van der Waals surface area (Å²) >= 11 is 8.06. The van der Waals surface area contributed by atoms with E-state index in [1.165, 1.54) is 0 Å². The maximum Gasteiger partial charge on any atom is 0.257 e. The van der Waals surface area contributed by atoms with Crippen molar-refractivity contribution in [2.24, 2.45) is 0 Å². The number of anilines is 1. The third kappa shape index (κ3) is 4.04. The highest BCUT2D eigenvalue weighted by Gasteiger charge is 2.23. The van der Waals surface area contributed by atoms with Crippen LogP contribution in [0.15, 0.2) is 42.7 Å². The smallest absolute Gasteiger partial charge is 0.257 e. The van der Waals surface area contributed by atoms with Gasteiger partial charge in [-0.15, -0.1) is 0 Å². The molecule has 0 radical (unpaired) electrons. The van der Waals surface area contributed by atoms with Crippen LogP contribution in [0, 0.1) is 3.57 Å². The molecule has 0 atom stereocenters. The van der Waals surface area contributed by atoms with E-state index < -0.39 is 0 Å². The monoisotopic (exact) mass is 481 g/mol. The molecule has 0 spiro atoms. The number of carbonyl (C=O) groups excluding carboxylic acids is 1. The summed E-state index contributed by atoms with van der Waals surface area (Å²) in [5, 5.41) is 8.09. The van der Waals surface area contributed by atoms with E-state index in [4.69, 9.17) is 11.6 Å². The summed E-state index contributed by atoms with van der Waals surface area (Å²) < 4.78 is 2.31. The third-order valence-corrected chi connectivity index (χ3v) is 4.76. The molecule has 1 aromatic carbocycles. The Labute approximate surface area is 170 Å². The van der Waals surface area contributed by atoms with E-state index in [-0.39, 0.29) is 11.3 Å². The van der Waals surface area contributed by atoms with Crippen LogP contribution in [0.1, 0.15) is 36.8 Å². The van der Waals surface area contributed by atoms with Crippen molar-refractivity contribution in [3.8, 4) is 5.95 Å². The quantitative estimate of drug-likeness (QED) is 0.560. The first-order chi connectivity index (χ1) is 12.3. The van der Waals surface area contributed by atoms with Gasteiger partial charge in [0.1, 0.15) is 5.82 Å². The van der Waals surface area contributed by atoms with Gasteiger partial charge in [-0.05, 0) is 46.9 Å². The van der Waals surface area contributed by atoms with Gasteiger partial charge in [-0.3, -0.25) is 4.79 Å². The number of rotatable bonds is 3. The van der Waals surface area contributed by atoms with Gasteiger partial charge in [0.2, 0.25) is 0 Å². The molecule has 0 aliphatic carbocycles. The molecule has 8 heteroatoms. The first kappa shape index (κ1) is 18.8. The van der Waals surface area contributed by atoms with Crippen molar-refractivity contribution in [3.05, 3.63) is 62.6 Å². The minimum atomic E-state index is -0.247. The highest BCUT2D eigenvalue weighted by Crippen LogP contribution is 2.26. The average Bonchev–Trinajstić information content (AvgIpc) is 2.99. The third-order valence-electron chi connectivity index (χ3n) is 3.64. The molecule has 0 aliphatic rings. The Balaban J connectivity index is 2.01. The summed E-state index contributed by atoms with van der Waals surface area (Å²) in [5.74, 6) is 0.657. The lowest BCUT2D eigenvalue weighted by molar-refractivity contribution is 0.102. The van der Waals surface area contributed by atoms with Crippen molar-refractivity contribution < 1.29 is 4.79 Å². The summed E-state index contributed by atoms with van der Waals surface area (Å²) in [5.41, 5.74) is 1.17. The SMILES string of the molecule is CC(C)(C)c1cc(NC(=O)c2ccc(Cl)cc2I)n(-c2ncccn2)n1. The number of amides is 1. The Morgan fingerprint density at radius 2 is 1.88 bits per heavy atom. The van der Waals surface area contributed by atoms with E-state index in [0.29, 0.717) is 22.4 Å². The highest BCUT2D eigenvalue weighted by molar-refractivity contribution is 14.1. The van der Waals surface area contributed by atoms with E-state index in [9.17, 15) is 4.79 Å². The predicted molar refractivity (Wildman–Crippen MR) is 110 cm³/mol. The molecule has 0 saturated carbocycles. The summed E-state index contributed by atoms with van der Waals surface area (Å²) in [4.78, 5) is 21.2. The Morgan fingerprint density at radius 1 is 1.19 bits per heavy atom. The van der Waals surface area contributed by atoms with Gasteiger partial charge in [0.05, 0.1) is 11.3 Å². The van der Waals surface area contributed by atoms with Crippen molar-refractivity contribution in [2.45, 2.75) is 26.2 Å². The van der Waals surface area contributed by atoms with Crippen LogP contribution in [-0.2, 0) is 5.41 Å². The molecule has 3 aromatic rings. The van der Waals surface area contributed by atoms with Crippen molar-refractivity contribution >= 4 is 45.9 Å². The maximum atomic E-state index is 12.7. The molecule has 0 saturated heterocycles. The minimum Gasteiger partial charge on any atom is -0.306 e. The maximum absolute atomic E-state index is 12.7. The topological polar surface area (TPSA) is 72.7 Å². The molecule has 3 rings (SSSR count). The second-order valence-corrected chi connectivity index (χ2v) is 8.30. The second-order valence-electron chi connectivity index (χ2n) is 6.70. The summed E-state index contributed by atoms with van der Waals surface area (Å²) in [6.45, 7) is 6.16. The number of nitrogens with zero attached hydrogens (tertiary/aromatic N) is 4. The van der Waals surface area contributed by atoms with Crippen molar-refractivity contribution in [1.29, 1.82) is 0 Å². The Hall–Kier alpha value is -2.00. The van der Waals surface area contributed by atoms with E-state index in [0.717, 1.165) is 9.26 Å². The van der Waals surface area contributed by atoms with Gasteiger partial charge in [0.25, 0.3) is 11.9 Å². The van der Waals surface area contributed by atoms with Crippen LogP contribution in [-0.4, -0.2) is 25.7 Å². The average molecular weight is 482 g/mol. The van der Waals surface area contributed by atoms with Gasteiger partial charge < -0.3 is 5.32 Å². The highest BCUT2D eigenvalue weighted by atomic mass is 127. The Morgan fingerprint density at radius 3 is 2.50 bits per heavy atom. The van der Waals surface area contributed by atoms with Crippen molar-refractivity contribution in [3.63, 3.8) is 0 Å². The van der Waals surface area contributed by atoms with Crippen LogP contribution in [0.2, 0.25) is 5.02 Å². The standard InChI is InChI=1S/C18H17ClIN5O/c1-18(2,3)14-10-15(25(24-14)17-21-7-4-8-22-17)23-16(26)12-6-5-11(19)9-13(12)20/h4-10H,1-3H3,(H,23,26). The summed E-state index contributed by atoms with van der Waals surface area (Å²) in [7, 11) is 0. The first-order valence-corrected chi connectivity index (χ1v) is 9.36. The Bertz CT molecular complexity index is 950. The first-order valence-electron chi connectivity index (χ1n) is 7.90. The van der Waals surface area contributed by atoms with E-state index in [1.54, 1.807) is 41.3 Å². The molecule has 2 heterocycles. The number of nitrogens with one attached hydrogen (secondary N) is 1. The minimum absolute atomic E-state index is 0.186. The van der Waals surface area contributed by atoms with Gasteiger partial charge in [0.15, 0.2) is 0 Å². The molecule has 134 valence electrons. The second kappa shape index (κ2) is 7.32. The lowest BCUT2D eigenvalue weighted by atomic mass is 9.92. The van der Waals surface area contributed by atoms with E-state index in [2.05, 4.69) is 63.7 Å². The van der Waals surface area contributed by atoms with Crippen LogP contribution in [0.25, 0.3) is 5.95 Å². The number of halogens is 2.